The number of carbonyl (C=O) groups excluding carboxylic acids is 2. The Balaban J connectivity index is 1.66. The number of fused-ring (bicyclic) bond motifs is 3. The zero-order chi connectivity index (χ0) is 20.1. The summed E-state index contributed by atoms with van der Waals surface area (Å²) in [5, 5.41) is 12.4. The number of hydrogen-bond acceptors (Lipinski definition) is 4. The van der Waals surface area contributed by atoms with Crippen LogP contribution in [0.15, 0.2) is 48.5 Å². The van der Waals surface area contributed by atoms with E-state index >= 15 is 0 Å². The number of benzene rings is 2. The van der Waals surface area contributed by atoms with Crippen molar-refractivity contribution in [2.75, 3.05) is 6.61 Å². The maximum Gasteiger partial charge on any atom is 0.407 e. The molecule has 0 aliphatic heterocycles. The second kappa shape index (κ2) is 9.26. The van der Waals surface area contributed by atoms with E-state index in [1.807, 2.05) is 31.2 Å². The van der Waals surface area contributed by atoms with Gasteiger partial charge in [0.15, 0.2) is 5.12 Å². The molecule has 1 aliphatic rings. The predicted octanol–water partition coefficient (Wildman–Crippen LogP) is 3.90. The number of rotatable bonds is 8. The maximum atomic E-state index is 12.4. The molecular weight excluding hydrogens is 374 g/mol. The third-order valence-corrected chi connectivity index (χ3v) is 5.28. The molecule has 148 valence electrons. The van der Waals surface area contributed by atoms with Crippen molar-refractivity contribution < 1.29 is 19.4 Å². The van der Waals surface area contributed by atoms with E-state index in [2.05, 4.69) is 42.2 Å². The largest absolute Gasteiger partial charge is 0.449 e. The lowest BCUT2D eigenvalue weighted by Gasteiger charge is -2.23. The Morgan fingerprint density at radius 2 is 1.68 bits per heavy atom. The van der Waals surface area contributed by atoms with Crippen LogP contribution in [0.1, 0.15) is 43.2 Å². The Labute approximate surface area is 170 Å². The molecule has 0 heterocycles. The van der Waals surface area contributed by atoms with Crippen molar-refractivity contribution in [2.24, 2.45) is 0 Å². The van der Waals surface area contributed by atoms with Gasteiger partial charge in [-0.25, -0.2) is 4.79 Å². The first-order valence-corrected chi connectivity index (χ1v) is 9.97. The highest BCUT2D eigenvalue weighted by atomic mass is 32.1. The quantitative estimate of drug-likeness (QED) is 0.589. The number of aliphatic hydroxyl groups excluding tert-OH is 1. The fraction of sp³-hybridized carbons (Fsp3) is 0.364. The Morgan fingerprint density at radius 3 is 2.21 bits per heavy atom. The Hall–Kier alpha value is -2.31. The summed E-state index contributed by atoms with van der Waals surface area (Å²) in [7, 11) is 0. The maximum absolute atomic E-state index is 12.4. The minimum absolute atomic E-state index is 0.0216. The van der Waals surface area contributed by atoms with Crippen LogP contribution in [-0.2, 0) is 9.53 Å². The minimum atomic E-state index is -0.981. The predicted molar refractivity (Wildman–Crippen MR) is 112 cm³/mol. The zero-order valence-corrected chi connectivity index (χ0v) is 16.7. The standard InChI is InChI=1S/C22H25NO4S/c1-2-7-19(20(24)12-21(25)28)23-22(26)27-13-18-16-10-5-3-8-14(16)15-9-4-6-11-17(15)18/h3-6,8-11,18-20,24H,2,7,12-13H2,1H3,(H,23,26)(H,25,28)/t19-,20-/m0/s1. The molecule has 0 bridgehead atoms. The summed E-state index contributed by atoms with van der Waals surface area (Å²) in [6, 6.07) is 15.7. The fourth-order valence-electron chi connectivity index (χ4n) is 3.78. The summed E-state index contributed by atoms with van der Waals surface area (Å²) >= 11 is 3.70. The molecule has 0 unspecified atom stereocenters. The number of carbonyl (C=O) groups is 2. The molecule has 3 rings (SSSR count). The first-order chi connectivity index (χ1) is 13.5. The lowest BCUT2D eigenvalue weighted by Crippen LogP contribution is -2.44. The molecule has 0 aromatic heterocycles. The van der Waals surface area contributed by atoms with Gasteiger partial charge < -0.3 is 15.2 Å². The molecule has 1 amide bonds. The van der Waals surface area contributed by atoms with E-state index in [9.17, 15) is 14.7 Å². The second-order valence-corrected chi connectivity index (χ2v) is 7.53. The van der Waals surface area contributed by atoms with Crippen LogP contribution in [0.5, 0.6) is 0 Å². The molecule has 2 aromatic carbocycles. The molecule has 2 atom stereocenters. The van der Waals surface area contributed by atoms with Gasteiger partial charge in [0.25, 0.3) is 0 Å². The van der Waals surface area contributed by atoms with Crippen LogP contribution < -0.4 is 5.32 Å². The molecule has 6 heteroatoms. The number of ether oxygens (including phenoxy) is 1. The zero-order valence-electron chi connectivity index (χ0n) is 15.8. The molecule has 0 fully saturated rings. The topological polar surface area (TPSA) is 75.6 Å². The molecular formula is C22H25NO4S. The summed E-state index contributed by atoms with van der Waals surface area (Å²) in [4.78, 5) is 23.5. The fourth-order valence-corrected chi connectivity index (χ4v) is 3.97. The Bertz CT molecular complexity index is 808. The van der Waals surface area contributed by atoms with Gasteiger partial charge in [-0.1, -0.05) is 61.9 Å². The highest BCUT2D eigenvalue weighted by Crippen LogP contribution is 2.44. The van der Waals surface area contributed by atoms with E-state index in [4.69, 9.17) is 4.74 Å². The van der Waals surface area contributed by atoms with E-state index in [0.29, 0.717) is 6.42 Å². The summed E-state index contributed by atoms with van der Waals surface area (Å²) in [5.41, 5.74) is 4.61. The number of thiol groups is 1. The van der Waals surface area contributed by atoms with Gasteiger partial charge in [-0.3, -0.25) is 4.79 Å². The van der Waals surface area contributed by atoms with Crippen LogP contribution in [0.3, 0.4) is 0 Å². The van der Waals surface area contributed by atoms with Crippen LogP contribution in [0.4, 0.5) is 4.79 Å². The number of alkyl carbamates (subject to hydrolysis) is 1. The lowest BCUT2D eigenvalue weighted by molar-refractivity contribution is -0.112. The van der Waals surface area contributed by atoms with E-state index in [0.717, 1.165) is 17.5 Å². The van der Waals surface area contributed by atoms with Crippen LogP contribution in [0, 0.1) is 0 Å². The van der Waals surface area contributed by atoms with Gasteiger partial charge in [0.1, 0.15) is 6.61 Å². The third-order valence-electron chi connectivity index (χ3n) is 5.09. The van der Waals surface area contributed by atoms with E-state index in [1.54, 1.807) is 0 Å². The van der Waals surface area contributed by atoms with Crippen molar-refractivity contribution in [1.82, 2.24) is 5.32 Å². The van der Waals surface area contributed by atoms with Crippen molar-refractivity contribution in [3.63, 3.8) is 0 Å². The second-order valence-electron chi connectivity index (χ2n) is 7.03. The van der Waals surface area contributed by atoms with E-state index < -0.39 is 23.4 Å². The molecule has 0 saturated carbocycles. The highest BCUT2D eigenvalue weighted by molar-refractivity contribution is 7.96. The first-order valence-electron chi connectivity index (χ1n) is 9.52. The molecule has 2 N–H and O–H groups in total. The van der Waals surface area contributed by atoms with Crippen molar-refractivity contribution >= 4 is 23.8 Å². The third kappa shape index (κ3) is 4.56. The monoisotopic (exact) mass is 399 g/mol. The number of hydrogen-bond donors (Lipinski definition) is 3. The minimum Gasteiger partial charge on any atom is -0.449 e. The highest BCUT2D eigenvalue weighted by Gasteiger charge is 2.29. The van der Waals surface area contributed by atoms with Crippen molar-refractivity contribution in [3.05, 3.63) is 59.7 Å². The summed E-state index contributed by atoms with van der Waals surface area (Å²) in [5.74, 6) is -0.0216. The van der Waals surface area contributed by atoms with Gasteiger partial charge in [-0.2, -0.15) is 0 Å². The van der Waals surface area contributed by atoms with Gasteiger partial charge in [0.2, 0.25) is 0 Å². The average molecular weight is 400 g/mol. The average Bonchev–Trinajstić information content (AvgIpc) is 2.99. The Morgan fingerprint density at radius 1 is 1.11 bits per heavy atom. The van der Waals surface area contributed by atoms with Gasteiger partial charge >= 0.3 is 6.09 Å². The molecule has 5 nitrogen and oxygen atoms in total. The van der Waals surface area contributed by atoms with Crippen molar-refractivity contribution in [3.8, 4) is 11.1 Å². The van der Waals surface area contributed by atoms with Crippen molar-refractivity contribution in [2.45, 2.75) is 44.2 Å². The smallest absolute Gasteiger partial charge is 0.407 e. The summed E-state index contributed by atoms with van der Waals surface area (Å²) in [6.07, 6.45) is -0.382. The summed E-state index contributed by atoms with van der Waals surface area (Å²) in [6.45, 7) is 2.15. The molecule has 1 aliphatic carbocycles. The van der Waals surface area contributed by atoms with Crippen LogP contribution in [0.25, 0.3) is 11.1 Å². The molecule has 0 saturated heterocycles. The van der Waals surface area contributed by atoms with Gasteiger partial charge in [0.05, 0.1) is 12.1 Å². The molecule has 2 aromatic rings. The van der Waals surface area contributed by atoms with Crippen molar-refractivity contribution in [1.29, 1.82) is 0 Å². The van der Waals surface area contributed by atoms with E-state index in [-0.39, 0.29) is 18.9 Å². The van der Waals surface area contributed by atoms with Gasteiger partial charge in [0, 0.05) is 12.3 Å². The number of nitrogens with one attached hydrogen (secondary N) is 1. The van der Waals surface area contributed by atoms with Gasteiger partial charge in [-0.15, -0.1) is 12.6 Å². The van der Waals surface area contributed by atoms with Gasteiger partial charge in [-0.05, 0) is 28.7 Å². The summed E-state index contributed by atoms with van der Waals surface area (Å²) < 4.78 is 5.51. The van der Waals surface area contributed by atoms with Crippen LogP contribution in [0.2, 0.25) is 0 Å². The normalized spacial score (nSPS) is 14.7. The molecule has 0 radical (unpaired) electrons. The van der Waals surface area contributed by atoms with Crippen LogP contribution >= 0.6 is 12.6 Å². The SMILES string of the molecule is CCC[C@H](NC(=O)OCC1c2ccccc2-c2ccccc21)[C@@H](O)CC(=O)S. The number of aliphatic hydroxyl groups is 1. The van der Waals surface area contributed by atoms with E-state index in [1.165, 1.54) is 11.1 Å². The number of amides is 1. The van der Waals surface area contributed by atoms with Crippen LogP contribution in [-0.4, -0.2) is 35.1 Å². The Kier molecular flexibility index (Phi) is 6.75. The molecule has 0 spiro atoms. The molecule has 28 heavy (non-hydrogen) atoms. The lowest BCUT2D eigenvalue weighted by atomic mass is 9.98. The first kappa shape index (κ1) is 20.4.